The Morgan fingerprint density at radius 3 is 2.67 bits per heavy atom. The van der Waals surface area contributed by atoms with E-state index in [2.05, 4.69) is 43.3 Å². The molecule has 1 heterocycles. The molecule has 2 N–H and O–H groups in total. The molecule has 0 radical (unpaired) electrons. The standard InChI is InChI=1S/C12H21N3/c1-5-7-13-11-9-10(6-8-14-11)15-12(2,3)4/h6,8-9H,5,7H2,1-4H3,(H2,13,14,15). The maximum atomic E-state index is 4.26. The minimum absolute atomic E-state index is 0.0867. The van der Waals surface area contributed by atoms with Crippen LogP contribution in [0, 0.1) is 0 Å². The first-order valence-corrected chi connectivity index (χ1v) is 5.49. The van der Waals surface area contributed by atoms with Crippen molar-refractivity contribution < 1.29 is 0 Å². The maximum Gasteiger partial charge on any atom is 0.127 e. The molecule has 1 rings (SSSR count). The molecule has 0 aliphatic rings. The van der Waals surface area contributed by atoms with Crippen LogP contribution in [0.2, 0.25) is 0 Å². The van der Waals surface area contributed by atoms with E-state index in [4.69, 9.17) is 0 Å². The summed E-state index contributed by atoms with van der Waals surface area (Å²) >= 11 is 0. The summed E-state index contributed by atoms with van der Waals surface area (Å²) in [6.07, 6.45) is 2.94. The summed E-state index contributed by atoms with van der Waals surface area (Å²) in [4.78, 5) is 4.26. The van der Waals surface area contributed by atoms with Crippen LogP contribution in [0.5, 0.6) is 0 Å². The third kappa shape index (κ3) is 4.68. The smallest absolute Gasteiger partial charge is 0.127 e. The van der Waals surface area contributed by atoms with Crippen molar-refractivity contribution in [3.05, 3.63) is 18.3 Å². The fourth-order valence-electron chi connectivity index (χ4n) is 1.29. The average molecular weight is 207 g/mol. The predicted molar refractivity (Wildman–Crippen MR) is 66.4 cm³/mol. The number of hydrogen-bond acceptors (Lipinski definition) is 3. The second-order valence-electron chi connectivity index (χ2n) is 4.73. The molecule has 0 bridgehead atoms. The highest BCUT2D eigenvalue weighted by molar-refractivity contribution is 5.52. The Balaban J connectivity index is 2.66. The molecule has 0 unspecified atom stereocenters. The molecule has 0 fully saturated rings. The summed E-state index contributed by atoms with van der Waals surface area (Å²) in [5, 5.41) is 6.69. The summed E-state index contributed by atoms with van der Waals surface area (Å²) in [6.45, 7) is 9.54. The topological polar surface area (TPSA) is 37.0 Å². The van der Waals surface area contributed by atoms with Gasteiger partial charge in [0.25, 0.3) is 0 Å². The lowest BCUT2D eigenvalue weighted by Crippen LogP contribution is -2.26. The van der Waals surface area contributed by atoms with Crippen molar-refractivity contribution in [3.63, 3.8) is 0 Å². The molecule has 0 atom stereocenters. The molecule has 1 aromatic heterocycles. The highest BCUT2D eigenvalue weighted by atomic mass is 15.0. The number of hydrogen-bond donors (Lipinski definition) is 2. The molecular weight excluding hydrogens is 186 g/mol. The zero-order chi connectivity index (χ0) is 11.3. The van der Waals surface area contributed by atoms with Crippen LogP contribution in [-0.2, 0) is 0 Å². The highest BCUT2D eigenvalue weighted by Gasteiger charge is 2.09. The number of nitrogens with zero attached hydrogens (tertiary/aromatic N) is 1. The van der Waals surface area contributed by atoms with Crippen LogP contribution < -0.4 is 10.6 Å². The van der Waals surface area contributed by atoms with Crippen molar-refractivity contribution in [1.82, 2.24) is 4.98 Å². The maximum absolute atomic E-state index is 4.26. The van der Waals surface area contributed by atoms with Crippen molar-refractivity contribution in [2.75, 3.05) is 17.2 Å². The van der Waals surface area contributed by atoms with Crippen LogP contribution in [0.15, 0.2) is 18.3 Å². The summed E-state index contributed by atoms with van der Waals surface area (Å²) in [7, 11) is 0. The van der Waals surface area contributed by atoms with Crippen LogP contribution in [0.25, 0.3) is 0 Å². The molecule has 0 amide bonds. The van der Waals surface area contributed by atoms with Crippen LogP contribution >= 0.6 is 0 Å². The average Bonchev–Trinajstić information content (AvgIpc) is 2.12. The van der Waals surface area contributed by atoms with Gasteiger partial charge in [-0.1, -0.05) is 6.92 Å². The molecule has 1 aromatic rings. The first-order valence-electron chi connectivity index (χ1n) is 5.49. The van der Waals surface area contributed by atoms with Crippen molar-refractivity contribution >= 4 is 11.5 Å². The molecule has 0 spiro atoms. The van der Waals surface area contributed by atoms with Gasteiger partial charge >= 0.3 is 0 Å². The van der Waals surface area contributed by atoms with Gasteiger partial charge in [0.05, 0.1) is 0 Å². The molecule has 3 nitrogen and oxygen atoms in total. The van der Waals surface area contributed by atoms with E-state index in [-0.39, 0.29) is 5.54 Å². The van der Waals surface area contributed by atoms with Gasteiger partial charge in [-0.2, -0.15) is 0 Å². The molecule has 0 saturated heterocycles. The summed E-state index contributed by atoms with van der Waals surface area (Å²) in [5.41, 5.74) is 1.19. The Labute approximate surface area is 92.3 Å². The minimum atomic E-state index is 0.0867. The first-order chi connectivity index (χ1) is 7.01. The number of aromatic nitrogens is 1. The van der Waals surface area contributed by atoms with Gasteiger partial charge in [0.15, 0.2) is 0 Å². The highest BCUT2D eigenvalue weighted by Crippen LogP contribution is 2.16. The SMILES string of the molecule is CCCNc1cc(NC(C)(C)C)ccn1. The Hall–Kier alpha value is -1.25. The number of nitrogens with one attached hydrogen (secondary N) is 2. The Morgan fingerprint density at radius 2 is 2.07 bits per heavy atom. The molecule has 0 aliphatic heterocycles. The largest absolute Gasteiger partial charge is 0.380 e. The van der Waals surface area contributed by atoms with Gasteiger partial charge in [-0.15, -0.1) is 0 Å². The third-order valence-corrected chi connectivity index (χ3v) is 1.84. The molecule has 3 heteroatoms. The molecule has 0 aromatic carbocycles. The normalized spacial score (nSPS) is 11.2. The second-order valence-corrected chi connectivity index (χ2v) is 4.73. The summed E-state index contributed by atoms with van der Waals surface area (Å²) < 4.78 is 0. The minimum Gasteiger partial charge on any atom is -0.380 e. The van der Waals surface area contributed by atoms with Crippen LogP contribution in [0.1, 0.15) is 34.1 Å². The predicted octanol–water partition coefficient (Wildman–Crippen LogP) is 3.11. The van der Waals surface area contributed by atoms with Crippen LogP contribution in [0.3, 0.4) is 0 Å². The van der Waals surface area contributed by atoms with Gasteiger partial charge in [-0.05, 0) is 33.3 Å². The second kappa shape index (κ2) is 5.01. The van der Waals surface area contributed by atoms with E-state index in [0.717, 1.165) is 24.5 Å². The number of anilines is 2. The molecule has 15 heavy (non-hydrogen) atoms. The number of pyridine rings is 1. The van der Waals surface area contributed by atoms with Gasteiger partial charge in [-0.3, -0.25) is 0 Å². The van der Waals surface area contributed by atoms with E-state index in [9.17, 15) is 0 Å². The van der Waals surface area contributed by atoms with Crippen LogP contribution in [-0.4, -0.2) is 17.1 Å². The molecule has 0 saturated carbocycles. The van der Waals surface area contributed by atoms with Crippen molar-refractivity contribution in [1.29, 1.82) is 0 Å². The lowest BCUT2D eigenvalue weighted by Gasteiger charge is -2.22. The van der Waals surface area contributed by atoms with Crippen molar-refractivity contribution in [3.8, 4) is 0 Å². The van der Waals surface area contributed by atoms with Crippen LogP contribution in [0.4, 0.5) is 11.5 Å². The zero-order valence-electron chi connectivity index (χ0n) is 10.1. The lowest BCUT2D eigenvalue weighted by atomic mass is 10.1. The Bertz CT molecular complexity index is 302. The van der Waals surface area contributed by atoms with E-state index in [1.807, 2.05) is 18.3 Å². The Morgan fingerprint density at radius 1 is 1.33 bits per heavy atom. The third-order valence-electron chi connectivity index (χ3n) is 1.84. The van der Waals surface area contributed by atoms with Gasteiger partial charge in [0, 0.05) is 30.0 Å². The van der Waals surface area contributed by atoms with Gasteiger partial charge in [0.2, 0.25) is 0 Å². The molecule has 0 aliphatic carbocycles. The molecular formula is C12H21N3. The summed E-state index contributed by atoms with van der Waals surface area (Å²) in [5.74, 6) is 0.936. The van der Waals surface area contributed by atoms with Gasteiger partial charge in [0.1, 0.15) is 5.82 Å². The monoisotopic (exact) mass is 207 g/mol. The lowest BCUT2D eigenvalue weighted by molar-refractivity contribution is 0.634. The van der Waals surface area contributed by atoms with E-state index in [0.29, 0.717) is 0 Å². The van der Waals surface area contributed by atoms with Crippen molar-refractivity contribution in [2.45, 2.75) is 39.7 Å². The number of rotatable bonds is 4. The van der Waals surface area contributed by atoms with Gasteiger partial charge in [-0.25, -0.2) is 4.98 Å². The quantitative estimate of drug-likeness (QED) is 0.796. The van der Waals surface area contributed by atoms with E-state index in [1.165, 1.54) is 0 Å². The summed E-state index contributed by atoms with van der Waals surface area (Å²) in [6, 6.07) is 4.03. The molecule has 84 valence electrons. The van der Waals surface area contributed by atoms with E-state index in [1.54, 1.807) is 0 Å². The van der Waals surface area contributed by atoms with E-state index < -0.39 is 0 Å². The zero-order valence-corrected chi connectivity index (χ0v) is 10.1. The van der Waals surface area contributed by atoms with E-state index >= 15 is 0 Å². The van der Waals surface area contributed by atoms with Gasteiger partial charge < -0.3 is 10.6 Å². The fourth-order valence-corrected chi connectivity index (χ4v) is 1.29. The Kier molecular flexibility index (Phi) is 3.95. The first kappa shape index (κ1) is 11.8. The fraction of sp³-hybridized carbons (Fsp3) is 0.583. The van der Waals surface area contributed by atoms with Crippen molar-refractivity contribution in [2.24, 2.45) is 0 Å².